The Labute approximate surface area is 50.2 Å². The average Bonchev–Trinajstić information content (AvgIpc) is 1.63. The molecular weight excluding hydrogens is 102 g/mol. The van der Waals surface area contributed by atoms with E-state index in [4.69, 9.17) is 4.74 Å². The number of nitrogens with one attached hydrogen (secondary N) is 1. The number of hydrogen-bond donors (Lipinski definition) is 1. The summed E-state index contributed by atoms with van der Waals surface area (Å²) in [6.07, 6.45) is 1.27. The molecule has 0 aromatic carbocycles. The fraction of sp³-hybridized carbons (Fsp3) is 1.00. The highest BCUT2D eigenvalue weighted by Gasteiger charge is 2.16. The molecule has 8 heavy (non-hydrogen) atoms. The summed E-state index contributed by atoms with van der Waals surface area (Å²) in [5, 5.41) is 3.11. The largest absolute Gasteiger partial charge is 0.381 e. The Bertz CT molecular complexity index is 61.5. The first-order chi connectivity index (χ1) is 3.93. The summed E-state index contributed by atoms with van der Waals surface area (Å²) in [5.41, 5.74) is 0. The second-order valence-corrected chi connectivity index (χ2v) is 2.30. The lowest BCUT2D eigenvalue weighted by molar-refractivity contribution is -0.0349. The van der Waals surface area contributed by atoms with Crippen molar-refractivity contribution in [3.8, 4) is 0 Å². The quantitative estimate of drug-likeness (QED) is 0.569. The van der Waals surface area contributed by atoms with Crippen molar-refractivity contribution in [3.05, 3.63) is 0 Å². The van der Waals surface area contributed by atoms with Gasteiger partial charge in [-0.3, -0.25) is 0 Å². The van der Waals surface area contributed by atoms with Gasteiger partial charge in [-0.15, -0.1) is 0 Å². The van der Waals surface area contributed by atoms with Gasteiger partial charge >= 0.3 is 0 Å². The van der Waals surface area contributed by atoms with Crippen molar-refractivity contribution < 1.29 is 4.74 Å². The van der Waals surface area contributed by atoms with Gasteiger partial charge in [-0.25, -0.2) is 0 Å². The maximum absolute atomic E-state index is 5.00. The number of ether oxygens (including phenoxy) is 1. The highest BCUT2D eigenvalue weighted by molar-refractivity contribution is 4.65. The van der Waals surface area contributed by atoms with Gasteiger partial charge in [0.25, 0.3) is 0 Å². The minimum Gasteiger partial charge on any atom is -0.381 e. The Morgan fingerprint density at radius 2 is 2.38 bits per heavy atom. The summed E-state index contributed by atoms with van der Waals surface area (Å²) in [7, 11) is 1.99. The first-order valence-electron chi connectivity index (χ1n) is 3.16. The normalized spacial score (nSPS) is 20.6. The minimum absolute atomic E-state index is 0.849. The molecule has 0 amide bonds. The predicted molar refractivity (Wildman–Crippen MR) is 32.9 cm³/mol. The molecule has 0 unspecified atom stereocenters. The topological polar surface area (TPSA) is 21.3 Å². The molecule has 0 radical (unpaired) electrons. The molecule has 2 heteroatoms. The monoisotopic (exact) mass is 115 g/mol. The molecule has 0 aromatic rings. The maximum Gasteiger partial charge on any atom is 0.0516 e. The summed E-state index contributed by atoms with van der Waals surface area (Å²) in [6, 6.07) is 0. The van der Waals surface area contributed by atoms with E-state index in [1.54, 1.807) is 0 Å². The summed E-state index contributed by atoms with van der Waals surface area (Å²) >= 11 is 0. The van der Waals surface area contributed by atoms with Gasteiger partial charge in [0.15, 0.2) is 0 Å². The zero-order valence-electron chi connectivity index (χ0n) is 5.31. The zero-order valence-corrected chi connectivity index (χ0v) is 5.31. The molecule has 1 saturated heterocycles. The summed E-state index contributed by atoms with van der Waals surface area (Å²) in [6.45, 7) is 3.11. The highest BCUT2D eigenvalue weighted by Crippen LogP contribution is 2.12. The van der Waals surface area contributed by atoms with E-state index in [0.29, 0.717) is 0 Å². The van der Waals surface area contributed by atoms with Crippen LogP contribution in [0.3, 0.4) is 0 Å². The molecule has 1 fully saturated rings. The van der Waals surface area contributed by atoms with Crippen LogP contribution < -0.4 is 5.32 Å². The Morgan fingerprint density at radius 3 is 2.75 bits per heavy atom. The second-order valence-electron chi connectivity index (χ2n) is 2.30. The Kier molecular flexibility index (Phi) is 2.30. The first kappa shape index (κ1) is 6.05. The van der Waals surface area contributed by atoms with E-state index in [9.17, 15) is 0 Å². The summed E-state index contributed by atoms with van der Waals surface area (Å²) < 4.78 is 5.00. The van der Waals surface area contributed by atoms with Gasteiger partial charge in [0.05, 0.1) is 13.2 Å². The SMILES string of the molecule is CNCCC1COC1. The van der Waals surface area contributed by atoms with Crippen LogP contribution in [-0.2, 0) is 4.74 Å². The molecule has 1 rings (SSSR count). The summed E-state index contributed by atoms with van der Waals surface area (Å²) in [5.74, 6) is 0.849. The van der Waals surface area contributed by atoms with Crippen molar-refractivity contribution in [2.24, 2.45) is 5.92 Å². The molecule has 0 spiro atoms. The maximum atomic E-state index is 5.00. The van der Waals surface area contributed by atoms with Crippen LogP contribution in [0.1, 0.15) is 6.42 Å². The van der Waals surface area contributed by atoms with Gasteiger partial charge in [-0.1, -0.05) is 0 Å². The van der Waals surface area contributed by atoms with E-state index in [1.807, 2.05) is 7.05 Å². The van der Waals surface area contributed by atoms with Crippen LogP contribution in [0, 0.1) is 5.92 Å². The molecule has 0 atom stereocenters. The van der Waals surface area contributed by atoms with Crippen molar-refractivity contribution in [3.63, 3.8) is 0 Å². The van der Waals surface area contributed by atoms with Gasteiger partial charge in [0, 0.05) is 5.92 Å². The van der Waals surface area contributed by atoms with Crippen LogP contribution in [0.2, 0.25) is 0 Å². The molecule has 1 heterocycles. The number of hydrogen-bond acceptors (Lipinski definition) is 2. The van der Waals surface area contributed by atoms with Crippen LogP contribution in [0.25, 0.3) is 0 Å². The van der Waals surface area contributed by atoms with Crippen molar-refractivity contribution in [2.45, 2.75) is 6.42 Å². The van der Waals surface area contributed by atoms with Crippen molar-refractivity contribution in [1.29, 1.82) is 0 Å². The third-order valence-electron chi connectivity index (χ3n) is 1.51. The van der Waals surface area contributed by atoms with Crippen LogP contribution in [0.5, 0.6) is 0 Å². The molecule has 1 aliphatic heterocycles. The molecule has 0 aromatic heterocycles. The fourth-order valence-corrected chi connectivity index (χ4v) is 0.800. The lowest BCUT2D eigenvalue weighted by atomic mass is 10.0. The van der Waals surface area contributed by atoms with E-state index in [1.165, 1.54) is 6.42 Å². The van der Waals surface area contributed by atoms with Crippen molar-refractivity contribution in [2.75, 3.05) is 26.8 Å². The molecule has 1 aliphatic rings. The lowest BCUT2D eigenvalue weighted by Gasteiger charge is -2.25. The predicted octanol–water partition coefficient (Wildman–Crippen LogP) is 0.242. The molecule has 2 nitrogen and oxygen atoms in total. The van der Waals surface area contributed by atoms with Gasteiger partial charge in [0.1, 0.15) is 0 Å². The molecule has 0 aliphatic carbocycles. The van der Waals surface area contributed by atoms with Gasteiger partial charge in [-0.05, 0) is 20.0 Å². The number of rotatable bonds is 3. The Balaban J connectivity index is 1.86. The smallest absolute Gasteiger partial charge is 0.0516 e. The van der Waals surface area contributed by atoms with E-state index < -0.39 is 0 Å². The second kappa shape index (κ2) is 3.05. The molecule has 0 saturated carbocycles. The lowest BCUT2D eigenvalue weighted by Crippen LogP contribution is -2.30. The van der Waals surface area contributed by atoms with E-state index in [2.05, 4.69) is 5.32 Å². The van der Waals surface area contributed by atoms with E-state index >= 15 is 0 Å². The van der Waals surface area contributed by atoms with Gasteiger partial charge in [0.2, 0.25) is 0 Å². The van der Waals surface area contributed by atoms with Crippen LogP contribution in [0.4, 0.5) is 0 Å². The molecule has 1 N–H and O–H groups in total. The van der Waals surface area contributed by atoms with Gasteiger partial charge < -0.3 is 10.1 Å². The zero-order chi connectivity index (χ0) is 5.82. The standard InChI is InChI=1S/C6H13NO/c1-7-3-2-6-4-8-5-6/h6-7H,2-5H2,1H3. The van der Waals surface area contributed by atoms with Crippen LogP contribution in [0.15, 0.2) is 0 Å². The van der Waals surface area contributed by atoms with Crippen molar-refractivity contribution >= 4 is 0 Å². The van der Waals surface area contributed by atoms with E-state index in [0.717, 1.165) is 25.7 Å². The first-order valence-corrected chi connectivity index (χ1v) is 3.16. The minimum atomic E-state index is 0.849. The van der Waals surface area contributed by atoms with Gasteiger partial charge in [-0.2, -0.15) is 0 Å². The third kappa shape index (κ3) is 1.46. The van der Waals surface area contributed by atoms with Crippen molar-refractivity contribution in [1.82, 2.24) is 5.32 Å². The fourth-order valence-electron chi connectivity index (χ4n) is 0.800. The Morgan fingerprint density at radius 1 is 1.62 bits per heavy atom. The molecule has 48 valence electrons. The summed E-state index contributed by atoms with van der Waals surface area (Å²) in [4.78, 5) is 0. The average molecular weight is 115 g/mol. The Hall–Kier alpha value is -0.0800. The van der Waals surface area contributed by atoms with Crippen LogP contribution >= 0.6 is 0 Å². The van der Waals surface area contributed by atoms with Crippen LogP contribution in [-0.4, -0.2) is 26.8 Å². The van der Waals surface area contributed by atoms with E-state index in [-0.39, 0.29) is 0 Å². The third-order valence-corrected chi connectivity index (χ3v) is 1.51. The molecular formula is C6H13NO. The highest BCUT2D eigenvalue weighted by atomic mass is 16.5. The molecule has 0 bridgehead atoms.